The van der Waals surface area contributed by atoms with E-state index in [4.69, 9.17) is 0 Å². The fourth-order valence-electron chi connectivity index (χ4n) is 4.81. The van der Waals surface area contributed by atoms with Gasteiger partial charge < -0.3 is 15.1 Å². The van der Waals surface area contributed by atoms with Gasteiger partial charge in [0.2, 0.25) is 5.91 Å². The lowest BCUT2D eigenvalue weighted by Gasteiger charge is -2.30. The summed E-state index contributed by atoms with van der Waals surface area (Å²) in [5.41, 5.74) is 4.60. The molecule has 0 aromatic heterocycles. The highest BCUT2D eigenvalue weighted by Gasteiger charge is 2.29. The van der Waals surface area contributed by atoms with Crippen LogP contribution in [0.2, 0.25) is 0 Å². The molecule has 0 bridgehead atoms. The maximum atomic E-state index is 13.6. The van der Waals surface area contributed by atoms with Crippen molar-refractivity contribution in [2.45, 2.75) is 37.6 Å². The van der Waals surface area contributed by atoms with Gasteiger partial charge in [-0.2, -0.15) is 0 Å². The lowest BCUT2D eigenvalue weighted by Crippen LogP contribution is -2.33. The minimum atomic E-state index is -0.140. The zero-order valence-corrected chi connectivity index (χ0v) is 22.3. The standard InChI is InChI=1S/C31H31N3O3S/c1-22-7-4-8-24(19-22)21-34-26-9-2-3-10-27(26)38-28(31(34)37)20-23-12-14-25(15-13-23)30(36)32-16-6-18-33-17-5-11-29(33)35/h2-4,7-10,12-15,19-20H,5-6,11,16-18,21H2,1H3,(H,32,36)/b28-20+. The number of anilines is 1. The molecule has 7 heteroatoms. The zero-order valence-electron chi connectivity index (χ0n) is 21.5. The summed E-state index contributed by atoms with van der Waals surface area (Å²) in [6.45, 7) is 4.58. The first-order valence-electron chi connectivity index (χ1n) is 13.0. The van der Waals surface area contributed by atoms with E-state index >= 15 is 0 Å². The molecule has 3 aromatic carbocycles. The molecule has 2 aliphatic heterocycles. The predicted octanol–water partition coefficient (Wildman–Crippen LogP) is 5.42. The van der Waals surface area contributed by atoms with Gasteiger partial charge in [0, 0.05) is 36.5 Å². The van der Waals surface area contributed by atoms with Gasteiger partial charge in [-0.25, -0.2) is 0 Å². The molecule has 5 rings (SSSR count). The molecular formula is C31H31N3O3S. The van der Waals surface area contributed by atoms with E-state index < -0.39 is 0 Å². The Morgan fingerprint density at radius 2 is 1.84 bits per heavy atom. The van der Waals surface area contributed by atoms with Gasteiger partial charge in [0.05, 0.1) is 17.1 Å². The van der Waals surface area contributed by atoms with Crippen molar-refractivity contribution in [1.29, 1.82) is 0 Å². The number of hydrogen-bond donors (Lipinski definition) is 1. The minimum Gasteiger partial charge on any atom is -0.352 e. The quantitative estimate of drug-likeness (QED) is 0.315. The molecule has 0 saturated carbocycles. The topological polar surface area (TPSA) is 69.7 Å². The Morgan fingerprint density at radius 3 is 2.61 bits per heavy atom. The van der Waals surface area contributed by atoms with Crippen LogP contribution in [0.4, 0.5) is 5.69 Å². The number of para-hydroxylation sites is 1. The molecule has 0 unspecified atom stereocenters. The number of nitrogens with one attached hydrogen (secondary N) is 1. The Morgan fingerprint density at radius 1 is 1.03 bits per heavy atom. The van der Waals surface area contributed by atoms with E-state index in [1.807, 2.05) is 64.4 Å². The molecule has 38 heavy (non-hydrogen) atoms. The van der Waals surface area contributed by atoms with Crippen LogP contribution in [0.3, 0.4) is 0 Å². The summed E-state index contributed by atoms with van der Waals surface area (Å²) in [4.78, 5) is 43.2. The summed E-state index contributed by atoms with van der Waals surface area (Å²) < 4.78 is 0. The second kappa shape index (κ2) is 11.7. The molecule has 1 N–H and O–H groups in total. The first-order chi connectivity index (χ1) is 18.5. The van der Waals surface area contributed by atoms with Crippen molar-refractivity contribution in [3.05, 3.63) is 100.0 Å². The summed E-state index contributed by atoms with van der Waals surface area (Å²) in [6, 6.07) is 23.5. The first kappa shape index (κ1) is 25.8. The van der Waals surface area contributed by atoms with E-state index in [0.717, 1.165) is 46.7 Å². The van der Waals surface area contributed by atoms with E-state index in [2.05, 4.69) is 24.4 Å². The third kappa shape index (κ3) is 6.00. The van der Waals surface area contributed by atoms with Gasteiger partial charge >= 0.3 is 0 Å². The number of amides is 3. The fourth-order valence-corrected chi connectivity index (χ4v) is 5.87. The molecule has 1 saturated heterocycles. The number of likely N-dealkylation sites (tertiary alicyclic amines) is 1. The van der Waals surface area contributed by atoms with Crippen LogP contribution in [0.1, 0.15) is 46.3 Å². The van der Waals surface area contributed by atoms with Gasteiger partial charge in [-0.15, -0.1) is 0 Å². The first-order valence-corrected chi connectivity index (χ1v) is 13.8. The number of carbonyl (C=O) groups excluding carboxylic acids is 3. The van der Waals surface area contributed by atoms with Gasteiger partial charge in [-0.3, -0.25) is 14.4 Å². The molecule has 2 aliphatic rings. The second-order valence-corrected chi connectivity index (χ2v) is 10.8. The number of aryl methyl sites for hydroxylation is 1. The summed E-state index contributed by atoms with van der Waals surface area (Å²) >= 11 is 1.47. The second-order valence-electron chi connectivity index (χ2n) is 9.67. The van der Waals surface area contributed by atoms with Gasteiger partial charge in [-0.1, -0.05) is 65.9 Å². The van der Waals surface area contributed by atoms with Gasteiger partial charge in [0.25, 0.3) is 11.8 Å². The fraction of sp³-hybridized carbons (Fsp3) is 0.258. The Hall–Kier alpha value is -3.84. The summed E-state index contributed by atoms with van der Waals surface area (Å²) in [5.74, 6) is 0.0317. The van der Waals surface area contributed by atoms with Crippen LogP contribution in [-0.2, 0) is 16.1 Å². The van der Waals surface area contributed by atoms with Crippen molar-refractivity contribution in [2.75, 3.05) is 24.5 Å². The van der Waals surface area contributed by atoms with E-state index in [1.165, 1.54) is 11.8 Å². The average molecular weight is 526 g/mol. The highest BCUT2D eigenvalue weighted by atomic mass is 32.2. The summed E-state index contributed by atoms with van der Waals surface area (Å²) in [7, 11) is 0. The molecule has 6 nitrogen and oxygen atoms in total. The Kier molecular flexibility index (Phi) is 7.94. The smallest absolute Gasteiger partial charge is 0.265 e. The van der Waals surface area contributed by atoms with Crippen LogP contribution in [0, 0.1) is 6.92 Å². The van der Waals surface area contributed by atoms with Crippen molar-refractivity contribution in [2.24, 2.45) is 0 Å². The van der Waals surface area contributed by atoms with Crippen LogP contribution >= 0.6 is 11.8 Å². The molecule has 2 heterocycles. The van der Waals surface area contributed by atoms with Crippen molar-refractivity contribution in [3.8, 4) is 0 Å². The maximum Gasteiger partial charge on any atom is 0.265 e. The van der Waals surface area contributed by atoms with Gasteiger partial charge in [-0.05, 0) is 61.2 Å². The highest BCUT2D eigenvalue weighted by Crippen LogP contribution is 2.42. The lowest BCUT2D eigenvalue weighted by molar-refractivity contribution is -0.127. The molecule has 0 spiro atoms. The normalized spacial score (nSPS) is 16.2. The number of nitrogens with zero attached hydrogens (tertiary/aromatic N) is 2. The minimum absolute atomic E-state index is 0.0338. The molecule has 1 fully saturated rings. The number of rotatable bonds is 8. The number of thioether (sulfide) groups is 1. The molecular weight excluding hydrogens is 494 g/mol. The van der Waals surface area contributed by atoms with Crippen LogP contribution in [0.5, 0.6) is 0 Å². The highest BCUT2D eigenvalue weighted by molar-refractivity contribution is 8.04. The summed E-state index contributed by atoms with van der Waals surface area (Å²) in [6.07, 6.45) is 4.19. The third-order valence-electron chi connectivity index (χ3n) is 6.79. The number of hydrogen-bond acceptors (Lipinski definition) is 4. The van der Waals surface area contributed by atoms with Crippen LogP contribution in [-0.4, -0.2) is 42.3 Å². The van der Waals surface area contributed by atoms with E-state index in [0.29, 0.717) is 36.5 Å². The Bertz CT molecular complexity index is 1380. The molecule has 3 amide bonds. The Labute approximate surface area is 227 Å². The molecule has 3 aromatic rings. The predicted molar refractivity (Wildman–Crippen MR) is 152 cm³/mol. The van der Waals surface area contributed by atoms with Crippen LogP contribution < -0.4 is 10.2 Å². The molecule has 0 aliphatic carbocycles. The van der Waals surface area contributed by atoms with Gasteiger partial charge in [0.1, 0.15) is 0 Å². The number of fused-ring (bicyclic) bond motifs is 1. The Balaban J connectivity index is 1.25. The van der Waals surface area contributed by atoms with E-state index in [1.54, 1.807) is 12.1 Å². The molecule has 194 valence electrons. The van der Waals surface area contributed by atoms with E-state index in [9.17, 15) is 14.4 Å². The van der Waals surface area contributed by atoms with Crippen molar-refractivity contribution >= 4 is 41.2 Å². The number of benzene rings is 3. The average Bonchev–Trinajstić information content (AvgIpc) is 3.33. The third-order valence-corrected chi connectivity index (χ3v) is 7.86. The monoisotopic (exact) mass is 525 g/mol. The SMILES string of the molecule is Cc1cccc(CN2C(=O)/C(=C\c3ccc(C(=O)NCCCN4CCCC4=O)cc3)Sc3ccccc32)c1. The van der Waals surface area contributed by atoms with E-state index in [-0.39, 0.29) is 17.7 Å². The van der Waals surface area contributed by atoms with Gasteiger partial charge in [0.15, 0.2) is 0 Å². The van der Waals surface area contributed by atoms with Crippen molar-refractivity contribution in [3.63, 3.8) is 0 Å². The zero-order chi connectivity index (χ0) is 26.5. The summed E-state index contributed by atoms with van der Waals surface area (Å²) in [5, 5.41) is 2.93. The molecule has 0 atom stereocenters. The molecule has 0 radical (unpaired) electrons. The number of carbonyl (C=O) groups is 3. The van der Waals surface area contributed by atoms with Crippen LogP contribution in [0.15, 0.2) is 82.6 Å². The maximum absolute atomic E-state index is 13.6. The van der Waals surface area contributed by atoms with Crippen molar-refractivity contribution in [1.82, 2.24) is 10.2 Å². The van der Waals surface area contributed by atoms with Crippen LogP contribution in [0.25, 0.3) is 6.08 Å². The largest absolute Gasteiger partial charge is 0.352 e. The van der Waals surface area contributed by atoms with Crippen molar-refractivity contribution < 1.29 is 14.4 Å². The lowest BCUT2D eigenvalue weighted by atomic mass is 10.1.